The van der Waals surface area contributed by atoms with Crippen LogP contribution in [0, 0.1) is 17.8 Å². The first kappa shape index (κ1) is 29.3. The molecule has 40 heavy (non-hydrogen) atoms. The van der Waals surface area contributed by atoms with E-state index in [0.29, 0.717) is 29.9 Å². The van der Waals surface area contributed by atoms with E-state index in [0.717, 1.165) is 32.1 Å². The van der Waals surface area contributed by atoms with Crippen molar-refractivity contribution in [3.05, 3.63) is 35.8 Å². The highest BCUT2D eigenvalue weighted by Crippen LogP contribution is 2.36. The van der Waals surface area contributed by atoms with Gasteiger partial charge in [-0.25, -0.2) is 13.8 Å². The van der Waals surface area contributed by atoms with Gasteiger partial charge in [0.1, 0.15) is 17.3 Å². The van der Waals surface area contributed by atoms with Crippen LogP contribution in [0.5, 0.6) is 5.75 Å². The number of amidine groups is 1. The molecule has 1 saturated heterocycles. The van der Waals surface area contributed by atoms with Gasteiger partial charge >= 0.3 is 0 Å². The van der Waals surface area contributed by atoms with Crippen molar-refractivity contribution >= 4 is 34.6 Å². The third-order valence-electron chi connectivity index (χ3n) is 6.34. The fourth-order valence-electron chi connectivity index (χ4n) is 4.16. The summed E-state index contributed by atoms with van der Waals surface area (Å²) in [5, 5.41) is 6.97. The number of amides is 2. The van der Waals surface area contributed by atoms with Gasteiger partial charge in [-0.15, -0.1) is 0 Å². The normalized spacial score (nSPS) is 18.4. The fraction of sp³-hybridized carbons (Fsp3) is 0.464. The lowest BCUT2D eigenvalue weighted by atomic mass is 9.99. The Morgan fingerprint density at radius 3 is 2.67 bits per heavy atom. The molecule has 0 aromatic carbocycles. The van der Waals surface area contributed by atoms with Crippen molar-refractivity contribution in [2.45, 2.75) is 64.2 Å². The molecule has 0 radical (unpaired) electrons. The fourth-order valence-corrected chi connectivity index (χ4v) is 4.87. The first-order chi connectivity index (χ1) is 19.4. The van der Waals surface area contributed by atoms with E-state index in [2.05, 4.69) is 37.7 Å². The van der Waals surface area contributed by atoms with Crippen LogP contribution in [0.3, 0.4) is 0 Å². The summed E-state index contributed by atoms with van der Waals surface area (Å²) in [6.45, 7) is 4.48. The summed E-state index contributed by atoms with van der Waals surface area (Å²) in [6.07, 6.45) is 4.84. The average Bonchev–Trinajstić information content (AvgIpc) is 3.74. The highest BCUT2D eigenvalue weighted by molar-refractivity contribution is 8.14. The number of alkyl halides is 2. The number of ether oxygens (including phenoxy) is 1. The van der Waals surface area contributed by atoms with Crippen LogP contribution in [0.2, 0.25) is 0 Å². The molecule has 1 atom stereocenters. The quantitative estimate of drug-likeness (QED) is 0.482. The van der Waals surface area contributed by atoms with E-state index in [4.69, 9.17) is 4.74 Å². The topological polar surface area (TPSA) is 109 Å². The number of aromatic nitrogens is 2. The number of pyridine rings is 2. The average molecular weight is 571 g/mol. The standard InChI is InChI=1S/C26H26F2N6O3S.C2H6/c1-37-20-14-29-19(24(27)28)11-17(20)16-12-21(34-10-4-2-3-5-23(34)35)30-13-18(16)25(36)31-26-33-32-22(38-26)9-8-15-6-7-15;1-2/h11-15,22,24,32H,2-7,10H2,1H3,(H,31,33,36);1-2H3. The number of hydrogen-bond donors (Lipinski definition) is 2. The van der Waals surface area contributed by atoms with Crippen LogP contribution in [0.25, 0.3) is 11.1 Å². The number of carbonyl (C=O) groups excluding carboxylic acids is 2. The number of nitrogens with one attached hydrogen (secondary N) is 2. The molecule has 2 aromatic heterocycles. The van der Waals surface area contributed by atoms with E-state index >= 15 is 0 Å². The van der Waals surface area contributed by atoms with E-state index < -0.39 is 18.0 Å². The Labute approximate surface area is 236 Å². The number of thioether (sulfide) groups is 1. The van der Waals surface area contributed by atoms with Crippen molar-refractivity contribution in [3.8, 4) is 28.7 Å². The Bertz CT molecular complexity index is 1340. The van der Waals surface area contributed by atoms with Crippen LogP contribution < -0.4 is 20.4 Å². The number of hydrazone groups is 1. The molecule has 2 amide bonds. The zero-order chi connectivity index (χ0) is 28.6. The molecule has 2 fully saturated rings. The molecule has 212 valence electrons. The predicted octanol–water partition coefficient (Wildman–Crippen LogP) is 5.10. The van der Waals surface area contributed by atoms with Gasteiger partial charge in [0.2, 0.25) is 5.91 Å². The first-order valence-electron chi connectivity index (χ1n) is 13.4. The summed E-state index contributed by atoms with van der Waals surface area (Å²) in [5.41, 5.74) is 3.05. The molecule has 0 bridgehead atoms. The van der Waals surface area contributed by atoms with Gasteiger partial charge in [-0.1, -0.05) is 32.1 Å². The van der Waals surface area contributed by atoms with Crippen molar-refractivity contribution in [2.24, 2.45) is 11.0 Å². The minimum atomic E-state index is -2.82. The van der Waals surface area contributed by atoms with Crippen LogP contribution >= 0.6 is 11.8 Å². The molecule has 5 rings (SSSR count). The number of hydrogen-bond acceptors (Lipinski definition) is 8. The van der Waals surface area contributed by atoms with Gasteiger partial charge < -0.3 is 4.74 Å². The van der Waals surface area contributed by atoms with Gasteiger partial charge in [0.15, 0.2) is 10.5 Å². The Kier molecular flexibility index (Phi) is 9.93. The van der Waals surface area contributed by atoms with Gasteiger partial charge in [0.05, 0.1) is 18.9 Å². The molecule has 4 heterocycles. The van der Waals surface area contributed by atoms with Crippen LogP contribution in [-0.4, -0.2) is 46.0 Å². The highest BCUT2D eigenvalue weighted by atomic mass is 32.2. The molecular weight excluding hydrogens is 538 g/mol. The number of rotatable bonds is 5. The minimum Gasteiger partial charge on any atom is -0.494 e. The molecular formula is C28H32F2N6O3S. The molecule has 1 aliphatic carbocycles. The van der Waals surface area contributed by atoms with E-state index in [1.807, 2.05) is 13.8 Å². The van der Waals surface area contributed by atoms with E-state index in [1.165, 1.54) is 37.3 Å². The second-order valence-electron chi connectivity index (χ2n) is 9.12. The summed E-state index contributed by atoms with van der Waals surface area (Å²) in [5.74, 6) is 6.63. The van der Waals surface area contributed by atoms with Crippen LogP contribution in [0.4, 0.5) is 14.6 Å². The van der Waals surface area contributed by atoms with Gasteiger partial charge in [0, 0.05) is 36.2 Å². The number of anilines is 1. The van der Waals surface area contributed by atoms with Crippen LogP contribution in [0.15, 0.2) is 29.6 Å². The lowest BCUT2D eigenvalue weighted by molar-refractivity contribution is -0.118. The summed E-state index contributed by atoms with van der Waals surface area (Å²) in [4.78, 5) is 35.9. The second-order valence-corrected chi connectivity index (χ2v) is 10.2. The third kappa shape index (κ3) is 7.07. The maximum atomic E-state index is 13.6. The molecule has 0 spiro atoms. The van der Waals surface area contributed by atoms with Gasteiger partial charge in [-0.3, -0.25) is 30.2 Å². The van der Waals surface area contributed by atoms with Crippen molar-refractivity contribution in [1.29, 1.82) is 0 Å². The van der Waals surface area contributed by atoms with E-state index in [9.17, 15) is 18.4 Å². The Balaban J connectivity index is 0.00000181. The van der Waals surface area contributed by atoms with Crippen molar-refractivity contribution < 1.29 is 23.1 Å². The summed E-state index contributed by atoms with van der Waals surface area (Å²) in [6, 6.07) is 2.76. The maximum absolute atomic E-state index is 13.6. The molecule has 2 aliphatic heterocycles. The zero-order valence-corrected chi connectivity index (χ0v) is 23.5. The zero-order valence-electron chi connectivity index (χ0n) is 22.7. The SMILES string of the molecule is CC.COc1cnc(C(F)F)cc1-c1cc(N2CCCCCC2=O)ncc1C(=O)NC1=NNC(C#CC2CC2)S1. The number of carbonyl (C=O) groups is 2. The molecule has 1 saturated carbocycles. The number of nitrogens with zero attached hydrogens (tertiary/aromatic N) is 4. The highest BCUT2D eigenvalue weighted by Gasteiger charge is 2.27. The molecule has 2 N–H and O–H groups in total. The van der Waals surface area contributed by atoms with E-state index in [1.54, 1.807) is 11.0 Å². The molecule has 2 aromatic rings. The van der Waals surface area contributed by atoms with Crippen molar-refractivity contribution in [2.75, 3.05) is 18.6 Å². The molecule has 3 aliphatic rings. The monoisotopic (exact) mass is 570 g/mol. The Morgan fingerprint density at radius 1 is 1.15 bits per heavy atom. The first-order valence-corrected chi connectivity index (χ1v) is 14.3. The predicted molar refractivity (Wildman–Crippen MR) is 151 cm³/mol. The Morgan fingerprint density at radius 2 is 1.95 bits per heavy atom. The van der Waals surface area contributed by atoms with Crippen molar-refractivity contribution in [3.63, 3.8) is 0 Å². The van der Waals surface area contributed by atoms with Crippen molar-refractivity contribution in [1.82, 2.24) is 20.7 Å². The number of methoxy groups -OCH3 is 1. The minimum absolute atomic E-state index is 0.0748. The largest absolute Gasteiger partial charge is 0.494 e. The smallest absolute Gasteiger partial charge is 0.280 e. The Hall–Kier alpha value is -3.72. The third-order valence-corrected chi connectivity index (χ3v) is 7.21. The lowest BCUT2D eigenvalue weighted by Gasteiger charge is -2.22. The van der Waals surface area contributed by atoms with Gasteiger partial charge in [-0.2, -0.15) is 5.10 Å². The summed E-state index contributed by atoms with van der Waals surface area (Å²) >= 11 is 1.27. The number of halogens is 2. The van der Waals surface area contributed by atoms with E-state index in [-0.39, 0.29) is 33.7 Å². The van der Waals surface area contributed by atoms with Gasteiger partial charge in [-0.05, 0) is 49.6 Å². The van der Waals surface area contributed by atoms with Gasteiger partial charge in [0.25, 0.3) is 12.3 Å². The molecule has 1 unspecified atom stereocenters. The lowest BCUT2D eigenvalue weighted by Crippen LogP contribution is -2.32. The van der Waals surface area contributed by atoms with Crippen LogP contribution in [0.1, 0.15) is 74.8 Å². The summed E-state index contributed by atoms with van der Waals surface area (Å²) < 4.78 is 32.5. The van der Waals surface area contributed by atoms with Crippen LogP contribution in [-0.2, 0) is 4.79 Å². The molecule has 9 nitrogen and oxygen atoms in total. The summed E-state index contributed by atoms with van der Waals surface area (Å²) in [7, 11) is 1.39. The maximum Gasteiger partial charge on any atom is 0.280 e. The molecule has 12 heteroatoms. The second kappa shape index (κ2) is 13.6.